The highest BCUT2D eigenvalue weighted by Gasteiger charge is 2.37. The minimum atomic E-state index is -1.15. The van der Waals surface area contributed by atoms with Crippen LogP contribution in [0.3, 0.4) is 0 Å². The Bertz CT molecular complexity index is 1110. The Morgan fingerprint density at radius 1 is 1.37 bits per heavy atom. The Morgan fingerprint density at radius 3 is 2.81 bits per heavy atom. The highest BCUT2D eigenvalue weighted by Crippen LogP contribution is 2.41. The molecule has 2 aromatic heterocycles. The van der Waals surface area contributed by atoms with Gasteiger partial charge in [-0.25, -0.2) is 9.78 Å². The number of aromatic nitrogens is 3. The second-order valence-corrected chi connectivity index (χ2v) is 7.14. The summed E-state index contributed by atoms with van der Waals surface area (Å²) in [6.45, 7) is 1.87. The average molecular weight is 385 g/mol. The number of fused-ring (bicyclic) bond motifs is 1. The Balaban J connectivity index is 2.05. The summed E-state index contributed by atoms with van der Waals surface area (Å²) in [5, 5.41) is 12.4. The fourth-order valence-corrected chi connectivity index (χ4v) is 3.53. The van der Waals surface area contributed by atoms with Crippen molar-refractivity contribution >= 4 is 28.6 Å². The number of benzene rings is 1. The van der Waals surface area contributed by atoms with Crippen LogP contribution in [0, 0.1) is 12.8 Å². The molecule has 8 heteroatoms. The number of rotatable bonds is 4. The standard InChI is InChI=1S/C19H17ClN4O3/c1-10-7-12(9-21-8-10)24-17(16(11-5-6-11)23-19(26)27)22-14-4-2-3-13(20)15(14)18(24)25/h2-4,7-9,11,16,23H,5-6H2,1H3,(H,26,27). The topological polar surface area (TPSA) is 97.1 Å². The molecule has 0 aliphatic heterocycles. The summed E-state index contributed by atoms with van der Waals surface area (Å²) < 4.78 is 1.42. The van der Waals surface area contributed by atoms with Crippen LogP contribution in [0.5, 0.6) is 0 Å². The quantitative estimate of drug-likeness (QED) is 0.717. The van der Waals surface area contributed by atoms with Gasteiger partial charge in [-0.2, -0.15) is 0 Å². The minimum Gasteiger partial charge on any atom is -0.465 e. The van der Waals surface area contributed by atoms with Crippen LogP contribution in [0.1, 0.15) is 30.3 Å². The number of hydrogen-bond acceptors (Lipinski definition) is 4. The van der Waals surface area contributed by atoms with E-state index >= 15 is 0 Å². The van der Waals surface area contributed by atoms with Gasteiger partial charge in [-0.15, -0.1) is 0 Å². The molecule has 27 heavy (non-hydrogen) atoms. The molecule has 0 bridgehead atoms. The van der Waals surface area contributed by atoms with Crippen LogP contribution >= 0.6 is 11.6 Å². The third-order valence-electron chi connectivity index (χ3n) is 4.64. The van der Waals surface area contributed by atoms with E-state index in [0.29, 0.717) is 27.4 Å². The molecular formula is C19H17ClN4O3. The van der Waals surface area contributed by atoms with Gasteiger partial charge in [-0.3, -0.25) is 14.3 Å². The average Bonchev–Trinajstić information content (AvgIpc) is 3.44. The van der Waals surface area contributed by atoms with E-state index in [4.69, 9.17) is 11.6 Å². The number of pyridine rings is 1. The number of halogens is 1. The van der Waals surface area contributed by atoms with Crippen molar-refractivity contribution in [3.05, 3.63) is 63.4 Å². The van der Waals surface area contributed by atoms with E-state index in [-0.39, 0.29) is 11.5 Å². The summed E-state index contributed by atoms with van der Waals surface area (Å²) in [5.41, 5.74) is 1.50. The maximum Gasteiger partial charge on any atom is 0.405 e. The lowest BCUT2D eigenvalue weighted by atomic mass is 10.1. The zero-order valence-corrected chi connectivity index (χ0v) is 15.3. The fourth-order valence-electron chi connectivity index (χ4n) is 3.28. The Kier molecular flexibility index (Phi) is 4.31. The molecule has 1 aliphatic rings. The maximum atomic E-state index is 13.4. The van der Waals surface area contributed by atoms with Crippen molar-refractivity contribution in [1.82, 2.24) is 19.9 Å². The molecule has 1 unspecified atom stereocenters. The van der Waals surface area contributed by atoms with Crippen LogP contribution in [0.15, 0.2) is 41.5 Å². The normalized spacial score (nSPS) is 14.9. The first kappa shape index (κ1) is 17.5. The first-order valence-corrected chi connectivity index (χ1v) is 8.96. The van der Waals surface area contributed by atoms with Gasteiger partial charge in [-0.05, 0) is 49.4 Å². The van der Waals surface area contributed by atoms with Gasteiger partial charge in [0, 0.05) is 6.20 Å². The zero-order chi connectivity index (χ0) is 19.1. The molecule has 0 spiro atoms. The Labute approximate surface area is 159 Å². The van der Waals surface area contributed by atoms with Crippen molar-refractivity contribution in [2.24, 2.45) is 5.92 Å². The molecule has 1 amide bonds. The van der Waals surface area contributed by atoms with Crippen LogP contribution in [-0.2, 0) is 0 Å². The van der Waals surface area contributed by atoms with Gasteiger partial charge < -0.3 is 10.4 Å². The van der Waals surface area contributed by atoms with Crippen LogP contribution in [-0.4, -0.2) is 25.7 Å². The van der Waals surface area contributed by atoms with Crippen molar-refractivity contribution in [3.63, 3.8) is 0 Å². The van der Waals surface area contributed by atoms with Gasteiger partial charge in [0.25, 0.3) is 5.56 Å². The Hall–Kier alpha value is -2.93. The molecule has 0 saturated heterocycles. The molecule has 2 heterocycles. The van der Waals surface area contributed by atoms with E-state index < -0.39 is 12.1 Å². The van der Waals surface area contributed by atoms with Gasteiger partial charge in [0.2, 0.25) is 0 Å². The maximum absolute atomic E-state index is 13.4. The van der Waals surface area contributed by atoms with Gasteiger partial charge >= 0.3 is 6.09 Å². The predicted octanol–water partition coefficient (Wildman–Crippen LogP) is 3.46. The molecule has 1 fully saturated rings. The van der Waals surface area contributed by atoms with Crippen molar-refractivity contribution < 1.29 is 9.90 Å². The molecule has 1 saturated carbocycles. The molecule has 1 aromatic carbocycles. The fraction of sp³-hybridized carbons (Fsp3) is 0.263. The molecule has 2 N–H and O–H groups in total. The minimum absolute atomic E-state index is 0.105. The van der Waals surface area contributed by atoms with E-state index in [0.717, 1.165) is 18.4 Å². The molecule has 0 radical (unpaired) electrons. The summed E-state index contributed by atoms with van der Waals surface area (Å²) >= 11 is 6.27. The third kappa shape index (κ3) is 3.26. The van der Waals surface area contributed by atoms with Crippen molar-refractivity contribution in [1.29, 1.82) is 0 Å². The van der Waals surface area contributed by atoms with Gasteiger partial charge in [0.05, 0.1) is 33.9 Å². The summed E-state index contributed by atoms with van der Waals surface area (Å²) in [5.74, 6) is 0.459. The SMILES string of the molecule is Cc1cncc(-n2c(C(NC(=O)O)C3CC3)nc3cccc(Cl)c3c2=O)c1. The summed E-state index contributed by atoms with van der Waals surface area (Å²) in [7, 11) is 0. The number of carboxylic acid groups (broad SMARTS) is 1. The van der Waals surface area contributed by atoms with E-state index in [9.17, 15) is 14.7 Å². The van der Waals surface area contributed by atoms with E-state index in [1.54, 1.807) is 30.6 Å². The zero-order valence-electron chi connectivity index (χ0n) is 14.5. The van der Waals surface area contributed by atoms with Crippen molar-refractivity contribution in [2.75, 3.05) is 0 Å². The lowest BCUT2D eigenvalue weighted by Gasteiger charge is -2.21. The van der Waals surface area contributed by atoms with Crippen LogP contribution in [0.25, 0.3) is 16.6 Å². The molecule has 4 rings (SSSR count). The summed E-state index contributed by atoms with van der Waals surface area (Å²) in [4.78, 5) is 33.5. The lowest BCUT2D eigenvalue weighted by Crippen LogP contribution is -2.35. The second kappa shape index (κ2) is 6.66. The third-order valence-corrected chi connectivity index (χ3v) is 4.96. The smallest absolute Gasteiger partial charge is 0.405 e. The van der Waals surface area contributed by atoms with Crippen molar-refractivity contribution in [2.45, 2.75) is 25.8 Å². The van der Waals surface area contributed by atoms with Gasteiger partial charge in [0.15, 0.2) is 0 Å². The first-order chi connectivity index (χ1) is 13.0. The Morgan fingerprint density at radius 2 is 2.15 bits per heavy atom. The number of carbonyl (C=O) groups is 1. The second-order valence-electron chi connectivity index (χ2n) is 6.73. The first-order valence-electron chi connectivity index (χ1n) is 8.58. The number of nitrogens with zero attached hydrogens (tertiary/aromatic N) is 3. The number of hydrogen-bond donors (Lipinski definition) is 2. The monoisotopic (exact) mass is 384 g/mol. The van der Waals surface area contributed by atoms with E-state index in [1.165, 1.54) is 4.57 Å². The van der Waals surface area contributed by atoms with Gasteiger partial charge in [-0.1, -0.05) is 17.7 Å². The van der Waals surface area contributed by atoms with Crippen LogP contribution in [0.4, 0.5) is 4.79 Å². The highest BCUT2D eigenvalue weighted by atomic mass is 35.5. The predicted molar refractivity (Wildman–Crippen MR) is 102 cm³/mol. The number of nitrogens with one attached hydrogen (secondary N) is 1. The molecular weight excluding hydrogens is 368 g/mol. The molecule has 138 valence electrons. The molecule has 3 aromatic rings. The highest BCUT2D eigenvalue weighted by molar-refractivity contribution is 6.35. The number of amides is 1. The molecule has 1 atom stereocenters. The lowest BCUT2D eigenvalue weighted by molar-refractivity contribution is 0.187. The van der Waals surface area contributed by atoms with E-state index in [1.807, 2.05) is 13.0 Å². The van der Waals surface area contributed by atoms with Crippen LogP contribution in [0.2, 0.25) is 5.02 Å². The van der Waals surface area contributed by atoms with E-state index in [2.05, 4.69) is 15.3 Å². The van der Waals surface area contributed by atoms with Gasteiger partial charge in [0.1, 0.15) is 5.82 Å². The largest absolute Gasteiger partial charge is 0.465 e. The summed E-state index contributed by atoms with van der Waals surface area (Å²) in [6.07, 6.45) is 3.85. The summed E-state index contributed by atoms with van der Waals surface area (Å²) in [6, 6.07) is 6.29. The van der Waals surface area contributed by atoms with Crippen molar-refractivity contribution in [3.8, 4) is 5.69 Å². The number of aryl methyl sites for hydroxylation is 1. The molecule has 7 nitrogen and oxygen atoms in total. The van der Waals surface area contributed by atoms with Crippen LogP contribution < -0.4 is 10.9 Å². The molecule has 1 aliphatic carbocycles.